The van der Waals surface area contributed by atoms with Gasteiger partial charge < -0.3 is 4.90 Å². The van der Waals surface area contributed by atoms with Crippen LogP contribution in [0.25, 0.3) is 0 Å². The molecule has 1 amide bonds. The van der Waals surface area contributed by atoms with Gasteiger partial charge in [-0.05, 0) is 54.1 Å². The predicted molar refractivity (Wildman–Crippen MR) is 83.9 cm³/mol. The number of amides is 1. The van der Waals surface area contributed by atoms with Gasteiger partial charge in [0.25, 0.3) is 5.91 Å². The molecule has 1 heterocycles. The summed E-state index contributed by atoms with van der Waals surface area (Å²) in [6, 6.07) is 9.79. The number of carbonyl (C=O) groups is 1. The van der Waals surface area contributed by atoms with Crippen LogP contribution in [-0.4, -0.2) is 23.9 Å². The zero-order chi connectivity index (χ0) is 14.6. The van der Waals surface area contributed by atoms with E-state index in [1.54, 1.807) is 0 Å². The van der Waals surface area contributed by atoms with Crippen molar-refractivity contribution < 1.29 is 4.79 Å². The molecular weight excluding hydrogens is 258 g/mol. The molecule has 4 rings (SSSR count). The first-order chi connectivity index (χ1) is 10.2. The molecule has 1 aromatic rings. The third kappa shape index (κ3) is 2.03. The van der Waals surface area contributed by atoms with E-state index in [4.69, 9.17) is 0 Å². The van der Waals surface area contributed by atoms with Crippen LogP contribution in [0, 0.1) is 35.5 Å². The summed E-state index contributed by atoms with van der Waals surface area (Å²) in [6.07, 6.45) is 2.75. The molecule has 1 saturated heterocycles. The molecule has 1 aromatic carbocycles. The minimum absolute atomic E-state index is 0.237. The number of hydrogen-bond donors (Lipinski definition) is 0. The highest BCUT2D eigenvalue weighted by molar-refractivity contribution is 5.94. The molecule has 0 aromatic heterocycles. The van der Waals surface area contributed by atoms with Crippen LogP contribution in [0.15, 0.2) is 30.3 Å². The minimum atomic E-state index is 0.237. The van der Waals surface area contributed by atoms with Crippen LogP contribution in [0.2, 0.25) is 0 Å². The molecule has 0 N–H and O–H groups in total. The van der Waals surface area contributed by atoms with Gasteiger partial charge in [0.2, 0.25) is 0 Å². The smallest absolute Gasteiger partial charge is 0.253 e. The summed E-state index contributed by atoms with van der Waals surface area (Å²) in [5.41, 5.74) is 0.849. The van der Waals surface area contributed by atoms with Gasteiger partial charge in [0.1, 0.15) is 0 Å². The number of rotatable bonds is 2. The summed E-state index contributed by atoms with van der Waals surface area (Å²) >= 11 is 0. The van der Waals surface area contributed by atoms with E-state index in [0.29, 0.717) is 0 Å². The van der Waals surface area contributed by atoms with E-state index in [2.05, 4.69) is 18.7 Å². The number of benzene rings is 1. The third-order valence-electron chi connectivity index (χ3n) is 6.53. The van der Waals surface area contributed by atoms with Gasteiger partial charge in [0, 0.05) is 18.7 Å². The normalized spacial score (nSPS) is 40.6. The second-order valence-electron chi connectivity index (χ2n) is 7.40. The highest BCUT2D eigenvalue weighted by Gasteiger charge is 2.58. The number of hydrogen-bond acceptors (Lipinski definition) is 1. The SMILES string of the molecule is CCC1C2CC2C(C)C2CN(C(=O)c3ccccc3)CC21. The van der Waals surface area contributed by atoms with Crippen LogP contribution in [0.4, 0.5) is 0 Å². The van der Waals surface area contributed by atoms with Crippen molar-refractivity contribution in [3.05, 3.63) is 35.9 Å². The molecule has 21 heavy (non-hydrogen) atoms. The Kier molecular flexibility index (Phi) is 3.09. The average molecular weight is 283 g/mol. The number of fused-ring (bicyclic) bond motifs is 2. The molecule has 2 heteroatoms. The van der Waals surface area contributed by atoms with E-state index in [1.807, 2.05) is 30.3 Å². The molecule has 0 radical (unpaired) electrons. The van der Waals surface area contributed by atoms with Crippen molar-refractivity contribution in [3.8, 4) is 0 Å². The maximum atomic E-state index is 12.7. The maximum Gasteiger partial charge on any atom is 0.253 e. The lowest BCUT2D eigenvalue weighted by Gasteiger charge is -2.36. The van der Waals surface area contributed by atoms with Crippen LogP contribution < -0.4 is 0 Å². The molecule has 112 valence electrons. The summed E-state index contributed by atoms with van der Waals surface area (Å²) in [7, 11) is 0. The maximum absolute atomic E-state index is 12.7. The summed E-state index contributed by atoms with van der Waals surface area (Å²) in [6.45, 7) is 6.75. The van der Waals surface area contributed by atoms with Crippen molar-refractivity contribution in [2.75, 3.05) is 13.1 Å². The number of nitrogens with zero attached hydrogens (tertiary/aromatic N) is 1. The van der Waals surface area contributed by atoms with Gasteiger partial charge in [-0.15, -0.1) is 0 Å². The van der Waals surface area contributed by atoms with Crippen molar-refractivity contribution >= 4 is 5.91 Å². The van der Waals surface area contributed by atoms with Crippen molar-refractivity contribution in [2.45, 2.75) is 26.7 Å². The monoisotopic (exact) mass is 283 g/mol. The van der Waals surface area contributed by atoms with Crippen molar-refractivity contribution in [3.63, 3.8) is 0 Å². The van der Waals surface area contributed by atoms with Crippen LogP contribution >= 0.6 is 0 Å². The zero-order valence-corrected chi connectivity index (χ0v) is 13.0. The standard InChI is InChI=1S/C19H25NO/c1-3-14-16-9-15(16)12(2)17-10-20(11-18(14)17)19(21)13-7-5-4-6-8-13/h4-8,12,14-18H,3,9-11H2,1-2H3. The van der Waals surface area contributed by atoms with Crippen molar-refractivity contribution in [1.82, 2.24) is 4.90 Å². The zero-order valence-electron chi connectivity index (χ0n) is 13.0. The molecule has 2 saturated carbocycles. The summed E-state index contributed by atoms with van der Waals surface area (Å²) in [5, 5.41) is 0. The molecule has 0 bridgehead atoms. The van der Waals surface area contributed by atoms with Gasteiger partial charge >= 0.3 is 0 Å². The average Bonchev–Trinajstić information content (AvgIpc) is 3.19. The highest BCUT2D eigenvalue weighted by Crippen LogP contribution is 2.62. The fourth-order valence-corrected chi connectivity index (χ4v) is 5.37. The first kappa shape index (κ1) is 13.4. The quantitative estimate of drug-likeness (QED) is 0.810. The van der Waals surface area contributed by atoms with Crippen LogP contribution in [0.5, 0.6) is 0 Å². The Bertz CT molecular complexity index is 540. The van der Waals surface area contributed by atoms with Crippen LogP contribution in [0.1, 0.15) is 37.0 Å². The Morgan fingerprint density at radius 2 is 1.81 bits per heavy atom. The molecule has 2 aliphatic carbocycles. The summed E-state index contributed by atoms with van der Waals surface area (Å²) in [4.78, 5) is 14.8. The fraction of sp³-hybridized carbons (Fsp3) is 0.632. The lowest BCUT2D eigenvalue weighted by atomic mass is 9.68. The highest BCUT2D eigenvalue weighted by atomic mass is 16.2. The van der Waals surface area contributed by atoms with E-state index in [0.717, 1.165) is 54.2 Å². The molecular formula is C19H25NO. The summed E-state index contributed by atoms with van der Waals surface area (Å²) in [5.74, 6) is 5.34. The van der Waals surface area contributed by atoms with Gasteiger partial charge in [0.15, 0.2) is 0 Å². The minimum Gasteiger partial charge on any atom is -0.338 e. The third-order valence-corrected chi connectivity index (χ3v) is 6.53. The molecule has 3 aliphatic rings. The van der Waals surface area contributed by atoms with Crippen LogP contribution in [-0.2, 0) is 0 Å². The van der Waals surface area contributed by atoms with Gasteiger partial charge in [-0.2, -0.15) is 0 Å². The van der Waals surface area contributed by atoms with Gasteiger partial charge in [0.05, 0.1) is 0 Å². The number of carbonyl (C=O) groups excluding carboxylic acids is 1. The first-order valence-electron chi connectivity index (χ1n) is 8.55. The van der Waals surface area contributed by atoms with E-state index >= 15 is 0 Å². The first-order valence-corrected chi connectivity index (χ1v) is 8.55. The van der Waals surface area contributed by atoms with Crippen LogP contribution in [0.3, 0.4) is 0 Å². The predicted octanol–water partition coefficient (Wildman–Crippen LogP) is 3.69. The molecule has 3 fully saturated rings. The Morgan fingerprint density at radius 3 is 2.52 bits per heavy atom. The van der Waals surface area contributed by atoms with Gasteiger partial charge in [-0.25, -0.2) is 0 Å². The summed E-state index contributed by atoms with van der Waals surface area (Å²) < 4.78 is 0. The van der Waals surface area contributed by atoms with E-state index in [9.17, 15) is 4.79 Å². The molecule has 1 aliphatic heterocycles. The Balaban J connectivity index is 1.55. The lowest BCUT2D eigenvalue weighted by Crippen LogP contribution is -2.34. The Hall–Kier alpha value is -1.31. The molecule has 2 nitrogen and oxygen atoms in total. The van der Waals surface area contributed by atoms with Gasteiger partial charge in [-0.3, -0.25) is 4.79 Å². The molecule has 6 atom stereocenters. The molecule has 6 unspecified atom stereocenters. The number of likely N-dealkylation sites (tertiary alicyclic amines) is 1. The van der Waals surface area contributed by atoms with E-state index < -0.39 is 0 Å². The topological polar surface area (TPSA) is 20.3 Å². The van der Waals surface area contributed by atoms with Crippen molar-refractivity contribution in [2.24, 2.45) is 35.5 Å². The second-order valence-corrected chi connectivity index (χ2v) is 7.40. The molecule has 0 spiro atoms. The fourth-order valence-electron chi connectivity index (χ4n) is 5.37. The van der Waals surface area contributed by atoms with E-state index in [-0.39, 0.29) is 5.91 Å². The van der Waals surface area contributed by atoms with Crippen molar-refractivity contribution in [1.29, 1.82) is 0 Å². The van der Waals surface area contributed by atoms with E-state index in [1.165, 1.54) is 12.8 Å². The Labute approximate surface area is 127 Å². The largest absolute Gasteiger partial charge is 0.338 e. The lowest BCUT2D eigenvalue weighted by molar-refractivity contribution is 0.0779. The second kappa shape index (κ2) is 4.86. The van der Waals surface area contributed by atoms with Gasteiger partial charge in [-0.1, -0.05) is 38.5 Å². The Morgan fingerprint density at radius 1 is 1.10 bits per heavy atom.